The van der Waals surface area contributed by atoms with Crippen molar-refractivity contribution in [2.45, 2.75) is 51.2 Å². The van der Waals surface area contributed by atoms with Crippen LogP contribution in [0.3, 0.4) is 0 Å². The van der Waals surface area contributed by atoms with Crippen molar-refractivity contribution in [2.75, 3.05) is 20.3 Å². The summed E-state index contributed by atoms with van der Waals surface area (Å²) in [5, 5.41) is 3.30. The Balaban J connectivity index is 2.86. The Morgan fingerprint density at radius 3 is 2.67 bits per heavy atom. The molecule has 0 amide bonds. The molecule has 122 valence electrons. The number of nitrogens with zero attached hydrogens (tertiary/aromatic N) is 1. The molecule has 0 aliphatic rings. The molecular weight excluding hydrogens is 290 g/mol. The number of hydrogen-bond donors (Lipinski definition) is 2. The first-order valence-electron chi connectivity index (χ1n) is 7.35. The third kappa shape index (κ3) is 5.43. The number of hydrogen-bond acceptors (Lipinski definition) is 4. The van der Waals surface area contributed by atoms with Gasteiger partial charge in [0.25, 0.3) is 0 Å². The molecule has 6 nitrogen and oxygen atoms in total. The van der Waals surface area contributed by atoms with E-state index in [1.165, 1.54) is 0 Å². The van der Waals surface area contributed by atoms with Crippen LogP contribution >= 0.6 is 0 Å². The van der Waals surface area contributed by atoms with Crippen LogP contribution in [0.25, 0.3) is 0 Å². The molecule has 21 heavy (non-hydrogen) atoms. The molecule has 0 spiro atoms. The second-order valence-electron chi connectivity index (χ2n) is 5.11. The summed E-state index contributed by atoms with van der Waals surface area (Å²) in [5.41, 5.74) is 0.978. The summed E-state index contributed by atoms with van der Waals surface area (Å²) >= 11 is 0. The molecule has 1 rings (SSSR count). The second kappa shape index (κ2) is 8.53. The Kier molecular flexibility index (Phi) is 7.37. The van der Waals surface area contributed by atoms with E-state index in [2.05, 4.69) is 17.0 Å². The highest BCUT2D eigenvalue weighted by Gasteiger charge is 2.20. The first-order chi connectivity index (χ1) is 9.94. The van der Waals surface area contributed by atoms with E-state index < -0.39 is 10.0 Å². The largest absolute Gasteiger partial charge is 0.383 e. The normalized spacial score (nSPS) is 13.5. The van der Waals surface area contributed by atoms with Gasteiger partial charge in [-0.25, -0.2) is 13.1 Å². The van der Waals surface area contributed by atoms with Gasteiger partial charge in [-0.15, -0.1) is 0 Å². The van der Waals surface area contributed by atoms with Gasteiger partial charge in [0.1, 0.15) is 0 Å². The van der Waals surface area contributed by atoms with Gasteiger partial charge < -0.3 is 14.6 Å². The van der Waals surface area contributed by atoms with Gasteiger partial charge >= 0.3 is 0 Å². The smallest absolute Gasteiger partial charge is 0.242 e. The molecular formula is C14H27N3O3S. The van der Waals surface area contributed by atoms with Crippen molar-refractivity contribution in [1.82, 2.24) is 14.6 Å². The van der Waals surface area contributed by atoms with Crippen molar-refractivity contribution in [3.05, 3.63) is 18.0 Å². The standard InChI is InChI=1S/C14H27N3O3S/c1-5-7-15-9-13-8-14(10-17(13)6-2)21(18,19)16-12(3)11-20-4/h8,10,12,15-16H,5-7,9,11H2,1-4H3. The molecule has 0 saturated heterocycles. The minimum atomic E-state index is -3.50. The highest BCUT2D eigenvalue weighted by molar-refractivity contribution is 7.89. The van der Waals surface area contributed by atoms with Crippen LogP contribution in [0.4, 0.5) is 0 Å². The number of methoxy groups -OCH3 is 1. The maximum Gasteiger partial charge on any atom is 0.242 e. The lowest BCUT2D eigenvalue weighted by molar-refractivity contribution is 0.180. The van der Waals surface area contributed by atoms with Crippen LogP contribution in [0.5, 0.6) is 0 Å². The fourth-order valence-electron chi connectivity index (χ4n) is 2.12. The van der Waals surface area contributed by atoms with Crippen molar-refractivity contribution in [2.24, 2.45) is 0 Å². The van der Waals surface area contributed by atoms with E-state index in [0.29, 0.717) is 18.0 Å². The molecule has 0 bridgehead atoms. The summed E-state index contributed by atoms with van der Waals surface area (Å²) in [5.74, 6) is 0. The second-order valence-corrected chi connectivity index (χ2v) is 6.82. The van der Waals surface area contributed by atoms with Crippen molar-refractivity contribution in [1.29, 1.82) is 0 Å². The lowest BCUT2D eigenvalue weighted by Gasteiger charge is -2.12. The summed E-state index contributed by atoms with van der Waals surface area (Å²) in [7, 11) is -1.95. The summed E-state index contributed by atoms with van der Waals surface area (Å²) in [6.45, 7) is 8.56. The van der Waals surface area contributed by atoms with Crippen molar-refractivity contribution in [3.8, 4) is 0 Å². The minimum Gasteiger partial charge on any atom is -0.383 e. The van der Waals surface area contributed by atoms with Crippen molar-refractivity contribution >= 4 is 10.0 Å². The number of aromatic nitrogens is 1. The molecule has 0 aliphatic carbocycles. The molecule has 2 N–H and O–H groups in total. The van der Waals surface area contributed by atoms with Gasteiger partial charge in [0.2, 0.25) is 10.0 Å². The van der Waals surface area contributed by atoms with Crippen LogP contribution in [0.1, 0.15) is 32.9 Å². The summed E-state index contributed by atoms with van der Waals surface area (Å²) in [6.07, 6.45) is 2.74. The van der Waals surface area contributed by atoms with Gasteiger partial charge in [-0.1, -0.05) is 6.92 Å². The average molecular weight is 317 g/mol. The fourth-order valence-corrected chi connectivity index (χ4v) is 3.42. The molecule has 1 heterocycles. The molecule has 0 fully saturated rings. The van der Waals surface area contributed by atoms with Gasteiger partial charge in [0.15, 0.2) is 0 Å². The zero-order valence-electron chi connectivity index (χ0n) is 13.3. The maximum absolute atomic E-state index is 12.3. The van der Waals surface area contributed by atoms with Gasteiger partial charge in [-0.2, -0.15) is 0 Å². The Morgan fingerprint density at radius 2 is 2.10 bits per heavy atom. The lowest BCUT2D eigenvalue weighted by atomic mass is 10.4. The molecule has 1 aromatic heterocycles. The number of ether oxygens (including phenoxy) is 1. The Hall–Kier alpha value is -0.890. The molecule has 0 radical (unpaired) electrons. The van der Waals surface area contributed by atoms with Crippen LogP contribution in [-0.4, -0.2) is 39.3 Å². The molecule has 1 unspecified atom stereocenters. The number of nitrogens with one attached hydrogen (secondary N) is 2. The topological polar surface area (TPSA) is 72.4 Å². The molecule has 0 aromatic carbocycles. The van der Waals surface area contributed by atoms with Crippen molar-refractivity contribution in [3.63, 3.8) is 0 Å². The Bertz CT molecular complexity index is 526. The zero-order valence-corrected chi connectivity index (χ0v) is 14.2. The summed E-state index contributed by atoms with van der Waals surface area (Å²) in [4.78, 5) is 0.306. The number of aryl methyl sites for hydroxylation is 1. The quantitative estimate of drug-likeness (QED) is 0.639. The predicted octanol–water partition coefficient (Wildman–Crippen LogP) is 1.32. The van der Waals surface area contributed by atoms with Gasteiger partial charge in [-0.3, -0.25) is 0 Å². The van der Waals surface area contributed by atoms with E-state index in [-0.39, 0.29) is 6.04 Å². The van der Waals surface area contributed by atoms with Crippen molar-refractivity contribution < 1.29 is 13.2 Å². The summed E-state index contributed by atoms with van der Waals surface area (Å²) in [6, 6.07) is 1.47. The first kappa shape index (κ1) is 18.2. The number of sulfonamides is 1. The van der Waals surface area contributed by atoms with Gasteiger partial charge in [-0.05, 0) is 32.9 Å². The van der Waals surface area contributed by atoms with Crippen LogP contribution in [0.2, 0.25) is 0 Å². The molecule has 0 aliphatic heterocycles. The van der Waals surface area contributed by atoms with Crippen LogP contribution in [-0.2, 0) is 27.8 Å². The molecule has 7 heteroatoms. The van der Waals surface area contributed by atoms with Crippen LogP contribution in [0.15, 0.2) is 17.2 Å². The number of rotatable bonds is 10. The Morgan fingerprint density at radius 1 is 1.38 bits per heavy atom. The fraction of sp³-hybridized carbons (Fsp3) is 0.714. The Labute approximate surface area is 127 Å². The summed E-state index contributed by atoms with van der Waals surface area (Å²) < 4.78 is 34.2. The van der Waals surface area contributed by atoms with E-state index >= 15 is 0 Å². The highest BCUT2D eigenvalue weighted by Crippen LogP contribution is 2.15. The molecule has 1 aromatic rings. The van der Waals surface area contributed by atoms with Gasteiger partial charge in [0, 0.05) is 38.1 Å². The molecule has 0 saturated carbocycles. The maximum atomic E-state index is 12.3. The third-order valence-corrected chi connectivity index (χ3v) is 4.67. The van der Waals surface area contributed by atoms with E-state index in [0.717, 1.165) is 25.2 Å². The monoisotopic (exact) mass is 317 g/mol. The molecule has 1 atom stereocenters. The lowest BCUT2D eigenvalue weighted by Crippen LogP contribution is -2.35. The van der Waals surface area contributed by atoms with E-state index in [9.17, 15) is 8.42 Å². The van der Waals surface area contributed by atoms with Crippen LogP contribution in [0, 0.1) is 0 Å². The zero-order chi connectivity index (χ0) is 15.9. The van der Waals surface area contributed by atoms with Crippen LogP contribution < -0.4 is 10.0 Å². The highest BCUT2D eigenvalue weighted by atomic mass is 32.2. The van der Waals surface area contributed by atoms with E-state index in [1.807, 2.05) is 11.5 Å². The van der Waals surface area contributed by atoms with Gasteiger partial charge in [0.05, 0.1) is 11.5 Å². The third-order valence-electron chi connectivity index (χ3n) is 3.12. The SMILES string of the molecule is CCCNCc1cc(S(=O)(=O)NC(C)COC)cn1CC. The average Bonchev–Trinajstić information content (AvgIpc) is 2.83. The predicted molar refractivity (Wildman–Crippen MR) is 83.8 cm³/mol. The van der Waals surface area contributed by atoms with E-state index in [4.69, 9.17) is 4.74 Å². The first-order valence-corrected chi connectivity index (χ1v) is 8.83. The minimum absolute atomic E-state index is 0.258. The van der Waals surface area contributed by atoms with E-state index in [1.54, 1.807) is 26.3 Å².